The first-order valence-electron chi connectivity index (χ1n) is 5.45. The van der Waals surface area contributed by atoms with E-state index >= 15 is 0 Å². The van der Waals surface area contributed by atoms with Crippen LogP contribution in [0.5, 0.6) is 0 Å². The summed E-state index contributed by atoms with van der Waals surface area (Å²) < 4.78 is 1.15. The largest absolute Gasteiger partial charge is 0.381 e. The Bertz CT molecular complexity index is 351. The Labute approximate surface area is 99.4 Å². The van der Waals surface area contributed by atoms with E-state index in [4.69, 9.17) is 5.73 Å². The summed E-state index contributed by atoms with van der Waals surface area (Å²) in [5, 5.41) is 3.50. The third-order valence-electron chi connectivity index (χ3n) is 3.09. The zero-order valence-electron chi connectivity index (χ0n) is 8.96. The Kier molecular flexibility index (Phi) is 3.32. The maximum absolute atomic E-state index is 6.02. The van der Waals surface area contributed by atoms with Crippen LogP contribution in [-0.2, 0) is 0 Å². The van der Waals surface area contributed by atoms with Crippen LogP contribution in [0.4, 0.5) is 5.69 Å². The summed E-state index contributed by atoms with van der Waals surface area (Å²) in [6.45, 7) is 2.09. The highest BCUT2D eigenvalue weighted by Gasteiger charge is 2.23. The van der Waals surface area contributed by atoms with Gasteiger partial charge in [-0.3, -0.25) is 0 Å². The minimum atomic E-state index is 0.310. The van der Waals surface area contributed by atoms with Gasteiger partial charge in [0.2, 0.25) is 0 Å². The van der Waals surface area contributed by atoms with E-state index < -0.39 is 0 Å². The Hall–Kier alpha value is -0.540. The van der Waals surface area contributed by atoms with Crippen LogP contribution >= 0.6 is 15.9 Å². The normalized spacial score (nSPS) is 25.5. The number of hydrogen-bond donors (Lipinski definition) is 2. The third kappa shape index (κ3) is 2.52. The summed E-state index contributed by atoms with van der Waals surface area (Å²) in [4.78, 5) is 0. The molecule has 2 unspecified atom stereocenters. The lowest BCUT2D eigenvalue weighted by atomic mass is 10.1. The number of hydrogen-bond acceptors (Lipinski definition) is 2. The molecule has 0 amide bonds. The summed E-state index contributed by atoms with van der Waals surface area (Å²) in [6, 6.07) is 7.11. The fraction of sp³-hybridized carbons (Fsp3) is 0.500. The van der Waals surface area contributed by atoms with Crippen molar-refractivity contribution in [1.82, 2.24) is 0 Å². The van der Waals surface area contributed by atoms with Gasteiger partial charge in [-0.25, -0.2) is 0 Å². The predicted molar refractivity (Wildman–Crippen MR) is 68.1 cm³/mol. The summed E-state index contributed by atoms with van der Waals surface area (Å²) in [6.07, 6.45) is 3.57. The first kappa shape index (κ1) is 11.0. The van der Waals surface area contributed by atoms with Crippen LogP contribution in [-0.4, -0.2) is 12.1 Å². The summed E-state index contributed by atoms with van der Waals surface area (Å²) in [5.74, 6) is 0. The molecule has 0 heterocycles. The van der Waals surface area contributed by atoms with E-state index in [1.165, 1.54) is 18.4 Å². The smallest absolute Gasteiger partial charge is 0.0412 e. The summed E-state index contributed by atoms with van der Waals surface area (Å²) in [5.41, 5.74) is 8.44. The SMILES string of the molecule is Cc1ccc(NC2CCCC2N)cc1Br. The fourth-order valence-corrected chi connectivity index (χ4v) is 2.44. The average Bonchev–Trinajstić information content (AvgIpc) is 2.59. The van der Waals surface area contributed by atoms with Crippen molar-refractivity contribution in [2.45, 2.75) is 38.3 Å². The first-order chi connectivity index (χ1) is 7.16. The Balaban J connectivity index is 2.07. The molecule has 3 heteroatoms. The quantitative estimate of drug-likeness (QED) is 0.866. The minimum absolute atomic E-state index is 0.310. The molecule has 2 rings (SSSR count). The van der Waals surface area contributed by atoms with Crippen molar-refractivity contribution in [3.8, 4) is 0 Å². The lowest BCUT2D eigenvalue weighted by Gasteiger charge is -2.19. The molecule has 1 saturated carbocycles. The van der Waals surface area contributed by atoms with E-state index in [1.54, 1.807) is 0 Å². The monoisotopic (exact) mass is 268 g/mol. The highest BCUT2D eigenvalue weighted by atomic mass is 79.9. The molecule has 3 N–H and O–H groups in total. The second kappa shape index (κ2) is 4.54. The molecule has 0 spiro atoms. The van der Waals surface area contributed by atoms with E-state index in [0.29, 0.717) is 12.1 Å². The van der Waals surface area contributed by atoms with E-state index in [-0.39, 0.29) is 0 Å². The van der Waals surface area contributed by atoms with Crippen molar-refractivity contribution in [3.05, 3.63) is 28.2 Å². The van der Waals surface area contributed by atoms with E-state index in [1.807, 2.05) is 0 Å². The molecule has 15 heavy (non-hydrogen) atoms. The van der Waals surface area contributed by atoms with Crippen molar-refractivity contribution >= 4 is 21.6 Å². The standard InChI is InChI=1S/C12H17BrN2/c1-8-5-6-9(7-10(8)13)15-12-4-2-3-11(12)14/h5-7,11-12,15H,2-4,14H2,1H3. The molecule has 1 fully saturated rings. The van der Waals surface area contributed by atoms with Crippen LogP contribution < -0.4 is 11.1 Å². The molecule has 0 radical (unpaired) electrons. The fourth-order valence-electron chi connectivity index (χ4n) is 2.06. The summed E-state index contributed by atoms with van der Waals surface area (Å²) in [7, 11) is 0. The Morgan fingerprint density at radius 2 is 2.20 bits per heavy atom. The number of nitrogens with two attached hydrogens (primary N) is 1. The van der Waals surface area contributed by atoms with Gasteiger partial charge in [-0.05, 0) is 43.9 Å². The number of aryl methyl sites for hydroxylation is 1. The van der Waals surface area contributed by atoms with E-state index in [2.05, 4.69) is 46.4 Å². The van der Waals surface area contributed by atoms with Gasteiger partial charge < -0.3 is 11.1 Å². The van der Waals surface area contributed by atoms with Crippen LogP contribution in [0.1, 0.15) is 24.8 Å². The topological polar surface area (TPSA) is 38.0 Å². The first-order valence-corrected chi connectivity index (χ1v) is 6.24. The van der Waals surface area contributed by atoms with Crippen LogP contribution in [0.25, 0.3) is 0 Å². The van der Waals surface area contributed by atoms with Crippen LogP contribution in [0.3, 0.4) is 0 Å². The predicted octanol–water partition coefficient (Wildman–Crippen LogP) is 3.05. The Morgan fingerprint density at radius 3 is 2.80 bits per heavy atom. The van der Waals surface area contributed by atoms with Crippen molar-refractivity contribution in [1.29, 1.82) is 0 Å². The molecular formula is C12H17BrN2. The van der Waals surface area contributed by atoms with Gasteiger partial charge in [0.05, 0.1) is 0 Å². The van der Waals surface area contributed by atoms with E-state index in [0.717, 1.165) is 16.6 Å². The highest BCUT2D eigenvalue weighted by Crippen LogP contribution is 2.25. The molecule has 2 nitrogen and oxygen atoms in total. The van der Waals surface area contributed by atoms with Gasteiger partial charge in [0.25, 0.3) is 0 Å². The number of halogens is 1. The molecule has 82 valence electrons. The second-order valence-electron chi connectivity index (χ2n) is 4.31. The van der Waals surface area contributed by atoms with Gasteiger partial charge in [-0.15, -0.1) is 0 Å². The number of nitrogens with one attached hydrogen (secondary N) is 1. The van der Waals surface area contributed by atoms with Gasteiger partial charge in [0, 0.05) is 22.2 Å². The van der Waals surface area contributed by atoms with Gasteiger partial charge in [0.15, 0.2) is 0 Å². The lowest BCUT2D eigenvalue weighted by Crippen LogP contribution is -2.35. The molecule has 1 aromatic rings. The van der Waals surface area contributed by atoms with Crippen LogP contribution in [0.15, 0.2) is 22.7 Å². The third-order valence-corrected chi connectivity index (χ3v) is 3.95. The van der Waals surface area contributed by atoms with Crippen LogP contribution in [0, 0.1) is 6.92 Å². The van der Waals surface area contributed by atoms with Crippen molar-refractivity contribution in [3.63, 3.8) is 0 Å². The number of benzene rings is 1. The van der Waals surface area contributed by atoms with Gasteiger partial charge in [-0.1, -0.05) is 22.0 Å². The molecule has 0 bridgehead atoms. The second-order valence-corrected chi connectivity index (χ2v) is 5.16. The molecule has 0 saturated heterocycles. The van der Waals surface area contributed by atoms with Gasteiger partial charge >= 0.3 is 0 Å². The van der Waals surface area contributed by atoms with Crippen molar-refractivity contribution in [2.24, 2.45) is 5.73 Å². The molecule has 2 atom stereocenters. The summed E-state index contributed by atoms with van der Waals surface area (Å²) >= 11 is 3.54. The zero-order valence-corrected chi connectivity index (χ0v) is 10.5. The minimum Gasteiger partial charge on any atom is -0.381 e. The maximum Gasteiger partial charge on any atom is 0.0412 e. The molecule has 1 aliphatic carbocycles. The zero-order chi connectivity index (χ0) is 10.8. The molecule has 1 aromatic carbocycles. The molecular weight excluding hydrogens is 252 g/mol. The van der Waals surface area contributed by atoms with E-state index in [9.17, 15) is 0 Å². The number of rotatable bonds is 2. The van der Waals surface area contributed by atoms with Gasteiger partial charge in [0.1, 0.15) is 0 Å². The Morgan fingerprint density at radius 1 is 1.40 bits per heavy atom. The number of anilines is 1. The average molecular weight is 269 g/mol. The van der Waals surface area contributed by atoms with Crippen molar-refractivity contribution < 1.29 is 0 Å². The van der Waals surface area contributed by atoms with Gasteiger partial charge in [-0.2, -0.15) is 0 Å². The van der Waals surface area contributed by atoms with Crippen molar-refractivity contribution in [2.75, 3.05) is 5.32 Å². The molecule has 0 aromatic heterocycles. The van der Waals surface area contributed by atoms with Crippen LogP contribution in [0.2, 0.25) is 0 Å². The highest BCUT2D eigenvalue weighted by molar-refractivity contribution is 9.10. The lowest BCUT2D eigenvalue weighted by molar-refractivity contribution is 0.638. The molecule has 0 aliphatic heterocycles. The maximum atomic E-state index is 6.02. The molecule has 1 aliphatic rings.